The van der Waals surface area contributed by atoms with Gasteiger partial charge in [0.05, 0.1) is 11.5 Å². The molecule has 0 saturated carbocycles. The highest BCUT2D eigenvalue weighted by Crippen LogP contribution is 2.52. The second-order valence-electron chi connectivity index (χ2n) is 6.05. The summed E-state index contributed by atoms with van der Waals surface area (Å²) < 4.78 is 15.6. The van der Waals surface area contributed by atoms with Crippen LogP contribution in [-0.4, -0.2) is 29.8 Å². The van der Waals surface area contributed by atoms with E-state index in [4.69, 9.17) is 9.47 Å². The summed E-state index contributed by atoms with van der Waals surface area (Å²) in [6.45, 7) is 5.10. The van der Waals surface area contributed by atoms with E-state index in [1.54, 1.807) is 26.8 Å². The Morgan fingerprint density at radius 1 is 1.32 bits per heavy atom. The lowest BCUT2D eigenvalue weighted by Gasteiger charge is -2.30. The fraction of sp³-hybridized carbons (Fsp3) is 0.615. The van der Waals surface area contributed by atoms with Gasteiger partial charge in [-0.05, 0) is 26.8 Å². The van der Waals surface area contributed by atoms with E-state index in [-0.39, 0.29) is 0 Å². The molecule has 102 valence electrons. The number of hydrogen-bond donors (Lipinski definition) is 0. The maximum Gasteiger partial charge on any atom is 0.324 e. The normalized spacial score (nSPS) is 39.4. The number of carbonyl (C=O) groups excluding carboxylic acids is 3. The van der Waals surface area contributed by atoms with Crippen molar-refractivity contribution in [3.8, 4) is 0 Å². The molecule has 2 saturated heterocycles. The zero-order valence-corrected chi connectivity index (χ0v) is 10.8. The highest BCUT2D eigenvalue weighted by Gasteiger charge is 2.69. The minimum atomic E-state index is -1.48. The SMILES string of the molecule is CC(C)(C)C(=O)OC12C=CC(O1)C1C(=O)OC(=O)C12. The Labute approximate surface area is 109 Å². The van der Waals surface area contributed by atoms with Gasteiger partial charge in [0.25, 0.3) is 0 Å². The van der Waals surface area contributed by atoms with E-state index in [1.165, 1.54) is 6.08 Å². The third-order valence-corrected chi connectivity index (χ3v) is 3.58. The molecule has 0 radical (unpaired) electrons. The van der Waals surface area contributed by atoms with E-state index in [2.05, 4.69) is 4.74 Å². The summed E-state index contributed by atoms with van der Waals surface area (Å²) in [6.07, 6.45) is 2.61. The van der Waals surface area contributed by atoms with Crippen molar-refractivity contribution in [2.45, 2.75) is 32.7 Å². The first-order valence-corrected chi connectivity index (χ1v) is 6.11. The molecule has 4 unspecified atom stereocenters. The Bertz CT molecular complexity index is 514. The lowest BCUT2D eigenvalue weighted by Crippen LogP contribution is -2.44. The van der Waals surface area contributed by atoms with Crippen LogP contribution < -0.4 is 0 Å². The first-order valence-electron chi connectivity index (χ1n) is 6.11. The lowest BCUT2D eigenvalue weighted by atomic mass is 9.82. The summed E-state index contributed by atoms with van der Waals surface area (Å²) in [5, 5.41) is 0. The Morgan fingerprint density at radius 2 is 2.00 bits per heavy atom. The average Bonchev–Trinajstić information content (AvgIpc) is 2.89. The standard InChI is InChI=1S/C13H14O6/c1-12(2,3)11(16)19-13-5-4-6(18-13)7-8(13)10(15)17-9(7)14/h4-8H,1-3H3. The van der Waals surface area contributed by atoms with Gasteiger partial charge in [-0.3, -0.25) is 14.4 Å². The Balaban J connectivity index is 1.93. The van der Waals surface area contributed by atoms with Crippen LogP contribution in [0.15, 0.2) is 12.2 Å². The van der Waals surface area contributed by atoms with Crippen LogP contribution in [-0.2, 0) is 28.6 Å². The molecule has 4 atom stereocenters. The van der Waals surface area contributed by atoms with Gasteiger partial charge in [0.2, 0.25) is 5.79 Å². The fourth-order valence-electron chi connectivity index (χ4n) is 2.56. The second kappa shape index (κ2) is 3.45. The molecule has 3 heterocycles. The Morgan fingerprint density at radius 3 is 2.63 bits per heavy atom. The van der Waals surface area contributed by atoms with E-state index >= 15 is 0 Å². The summed E-state index contributed by atoms with van der Waals surface area (Å²) >= 11 is 0. The number of rotatable bonds is 1. The third-order valence-electron chi connectivity index (χ3n) is 3.58. The lowest BCUT2D eigenvalue weighted by molar-refractivity contribution is -0.215. The van der Waals surface area contributed by atoms with Crippen LogP contribution >= 0.6 is 0 Å². The van der Waals surface area contributed by atoms with Crippen molar-refractivity contribution < 1.29 is 28.6 Å². The first kappa shape index (κ1) is 12.3. The zero-order chi connectivity index (χ0) is 14.0. The van der Waals surface area contributed by atoms with Gasteiger partial charge < -0.3 is 14.2 Å². The smallest absolute Gasteiger partial charge is 0.324 e. The van der Waals surface area contributed by atoms with Gasteiger partial charge in [-0.1, -0.05) is 6.08 Å². The summed E-state index contributed by atoms with van der Waals surface area (Å²) in [7, 11) is 0. The topological polar surface area (TPSA) is 78.9 Å². The van der Waals surface area contributed by atoms with Gasteiger partial charge in [0.15, 0.2) is 0 Å². The van der Waals surface area contributed by atoms with Crippen LogP contribution in [0, 0.1) is 17.3 Å². The van der Waals surface area contributed by atoms with Gasteiger partial charge in [-0.2, -0.15) is 0 Å². The van der Waals surface area contributed by atoms with Gasteiger partial charge in [-0.25, -0.2) is 0 Å². The number of cyclic esters (lactones) is 2. The molecular weight excluding hydrogens is 252 g/mol. The van der Waals surface area contributed by atoms with Crippen LogP contribution in [0.25, 0.3) is 0 Å². The molecule has 0 spiro atoms. The molecular formula is C13H14O6. The highest BCUT2D eigenvalue weighted by molar-refractivity contribution is 5.99. The molecule has 0 aromatic rings. The fourth-order valence-corrected chi connectivity index (χ4v) is 2.56. The van der Waals surface area contributed by atoms with E-state index in [9.17, 15) is 14.4 Å². The molecule has 6 heteroatoms. The maximum absolute atomic E-state index is 12.0. The van der Waals surface area contributed by atoms with Crippen molar-refractivity contribution in [2.75, 3.05) is 0 Å². The molecule has 3 aliphatic rings. The van der Waals surface area contributed by atoms with Gasteiger partial charge in [-0.15, -0.1) is 0 Å². The molecule has 0 amide bonds. The number of hydrogen-bond acceptors (Lipinski definition) is 6. The zero-order valence-electron chi connectivity index (χ0n) is 10.8. The van der Waals surface area contributed by atoms with Crippen LogP contribution in [0.5, 0.6) is 0 Å². The van der Waals surface area contributed by atoms with E-state index in [0.29, 0.717) is 0 Å². The van der Waals surface area contributed by atoms with Gasteiger partial charge in [0.1, 0.15) is 11.8 Å². The maximum atomic E-state index is 12.0. The van der Waals surface area contributed by atoms with Crippen molar-refractivity contribution in [1.29, 1.82) is 0 Å². The molecule has 0 aliphatic carbocycles. The monoisotopic (exact) mass is 266 g/mol. The number of ether oxygens (including phenoxy) is 3. The molecule has 0 aromatic heterocycles. The van der Waals surface area contributed by atoms with Crippen molar-refractivity contribution >= 4 is 17.9 Å². The average molecular weight is 266 g/mol. The number of fused-ring (bicyclic) bond motifs is 5. The molecule has 6 nitrogen and oxygen atoms in total. The van der Waals surface area contributed by atoms with Crippen molar-refractivity contribution in [1.82, 2.24) is 0 Å². The van der Waals surface area contributed by atoms with Crippen LogP contribution in [0.2, 0.25) is 0 Å². The van der Waals surface area contributed by atoms with Crippen LogP contribution in [0.1, 0.15) is 20.8 Å². The molecule has 19 heavy (non-hydrogen) atoms. The first-order chi connectivity index (χ1) is 8.74. The van der Waals surface area contributed by atoms with Crippen LogP contribution in [0.4, 0.5) is 0 Å². The summed E-state index contributed by atoms with van der Waals surface area (Å²) in [6, 6.07) is 0. The predicted molar refractivity (Wildman–Crippen MR) is 60.4 cm³/mol. The molecule has 2 fully saturated rings. The molecule has 2 bridgehead atoms. The van der Waals surface area contributed by atoms with E-state index in [0.717, 1.165) is 0 Å². The summed E-state index contributed by atoms with van der Waals surface area (Å²) in [4.78, 5) is 35.3. The minimum absolute atomic E-state index is 0.495. The van der Waals surface area contributed by atoms with Gasteiger partial charge in [0, 0.05) is 0 Å². The Kier molecular flexibility index (Phi) is 2.24. The van der Waals surface area contributed by atoms with Crippen molar-refractivity contribution in [3.05, 3.63) is 12.2 Å². The molecule has 0 N–H and O–H groups in total. The molecule has 3 rings (SSSR count). The Hall–Kier alpha value is -1.69. The minimum Gasteiger partial charge on any atom is -0.428 e. The van der Waals surface area contributed by atoms with E-state index < -0.39 is 47.0 Å². The summed E-state index contributed by atoms with van der Waals surface area (Å²) in [5.41, 5.74) is -0.728. The molecule has 0 aromatic carbocycles. The number of esters is 3. The van der Waals surface area contributed by atoms with Crippen LogP contribution in [0.3, 0.4) is 0 Å². The van der Waals surface area contributed by atoms with Gasteiger partial charge >= 0.3 is 17.9 Å². The highest BCUT2D eigenvalue weighted by atomic mass is 16.7. The van der Waals surface area contributed by atoms with Crippen molar-refractivity contribution in [2.24, 2.45) is 17.3 Å². The summed E-state index contributed by atoms with van der Waals surface area (Å²) in [5.74, 6) is -4.87. The second-order valence-corrected chi connectivity index (χ2v) is 6.05. The molecule has 3 aliphatic heterocycles. The van der Waals surface area contributed by atoms with Crippen molar-refractivity contribution in [3.63, 3.8) is 0 Å². The van der Waals surface area contributed by atoms with E-state index in [1.807, 2.05) is 0 Å². The number of carbonyl (C=O) groups is 3. The third kappa shape index (κ3) is 1.56. The quantitative estimate of drug-likeness (QED) is 0.392. The predicted octanol–water partition coefficient (Wildman–Crippen LogP) is 0.556. The largest absolute Gasteiger partial charge is 0.428 e.